The highest BCUT2D eigenvalue weighted by molar-refractivity contribution is 6.09. The van der Waals surface area contributed by atoms with Crippen molar-refractivity contribution in [2.24, 2.45) is 0 Å². The minimum atomic E-state index is -1.32. The van der Waals surface area contributed by atoms with E-state index in [1.807, 2.05) is 0 Å². The average Bonchev–Trinajstić information content (AvgIpc) is 2.94. The highest BCUT2D eigenvalue weighted by atomic mass is 19.1. The third kappa shape index (κ3) is 4.37. The van der Waals surface area contributed by atoms with Gasteiger partial charge in [-0.15, -0.1) is 0 Å². The van der Waals surface area contributed by atoms with E-state index in [9.17, 15) is 18.8 Å². The highest BCUT2D eigenvalue weighted by Gasteiger charge is 2.49. The number of amides is 4. The Labute approximate surface area is 184 Å². The number of urea groups is 1. The van der Waals surface area contributed by atoms with Crippen LogP contribution >= 0.6 is 0 Å². The standard InChI is InChI=1S/C23H24FN3O5/c1-23(16-5-8-18-19(13-16)32-12-2-11-31-18)21(29)27(22(30)26-23)14-20(28)25-10-9-15-3-6-17(24)7-4-15/h3-8,13H,2,9-12,14H2,1H3,(H,25,28)(H,26,30)/t23-/m0/s1. The van der Waals surface area contributed by atoms with Gasteiger partial charge in [-0.3, -0.25) is 14.5 Å². The maximum absolute atomic E-state index is 13.1. The second-order valence-electron chi connectivity index (χ2n) is 7.88. The summed E-state index contributed by atoms with van der Waals surface area (Å²) in [6, 6.07) is 10.4. The number of rotatable bonds is 6. The monoisotopic (exact) mass is 441 g/mol. The van der Waals surface area contributed by atoms with Crippen molar-refractivity contribution in [1.29, 1.82) is 0 Å². The van der Waals surface area contributed by atoms with Crippen LogP contribution < -0.4 is 20.1 Å². The normalized spacial score (nSPS) is 20.0. The summed E-state index contributed by atoms with van der Waals surface area (Å²) < 4.78 is 24.3. The molecule has 2 aliphatic rings. The van der Waals surface area contributed by atoms with Crippen molar-refractivity contribution in [3.05, 3.63) is 59.4 Å². The Morgan fingerprint density at radius 3 is 2.59 bits per heavy atom. The van der Waals surface area contributed by atoms with Crippen molar-refractivity contribution in [2.75, 3.05) is 26.3 Å². The van der Waals surface area contributed by atoms with Crippen LogP contribution in [0.4, 0.5) is 9.18 Å². The molecule has 0 aliphatic carbocycles. The van der Waals surface area contributed by atoms with Crippen molar-refractivity contribution in [1.82, 2.24) is 15.5 Å². The summed E-state index contributed by atoms with van der Waals surface area (Å²) in [5.41, 5.74) is 0.0823. The molecule has 2 N–H and O–H groups in total. The van der Waals surface area contributed by atoms with Crippen LogP contribution in [-0.2, 0) is 21.5 Å². The van der Waals surface area contributed by atoms with Gasteiger partial charge in [0.2, 0.25) is 5.91 Å². The summed E-state index contributed by atoms with van der Waals surface area (Å²) >= 11 is 0. The van der Waals surface area contributed by atoms with Crippen LogP contribution in [0.25, 0.3) is 0 Å². The summed E-state index contributed by atoms with van der Waals surface area (Å²) in [7, 11) is 0. The molecule has 32 heavy (non-hydrogen) atoms. The maximum atomic E-state index is 13.1. The van der Waals surface area contributed by atoms with Crippen LogP contribution in [0.1, 0.15) is 24.5 Å². The molecule has 0 radical (unpaired) electrons. The zero-order valence-electron chi connectivity index (χ0n) is 17.7. The third-order valence-corrected chi connectivity index (χ3v) is 5.55. The first-order valence-electron chi connectivity index (χ1n) is 10.4. The summed E-state index contributed by atoms with van der Waals surface area (Å²) in [5.74, 6) is -0.207. The molecule has 2 aromatic rings. The molecule has 9 heteroatoms. The number of imide groups is 1. The largest absolute Gasteiger partial charge is 0.490 e. The third-order valence-electron chi connectivity index (χ3n) is 5.55. The predicted octanol–water partition coefficient (Wildman–Crippen LogP) is 2.11. The summed E-state index contributed by atoms with van der Waals surface area (Å²) in [5, 5.41) is 5.37. The first-order chi connectivity index (χ1) is 15.4. The molecule has 0 bridgehead atoms. The fourth-order valence-corrected chi connectivity index (χ4v) is 3.71. The molecule has 2 heterocycles. The quantitative estimate of drug-likeness (QED) is 0.670. The van der Waals surface area contributed by atoms with Gasteiger partial charge in [-0.1, -0.05) is 18.2 Å². The van der Waals surface area contributed by atoms with Crippen molar-refractivity contribution in [3.8, 4) is 11.5 Å². The highest BCUT2D eigenvalue weighted by Crippen LogP contribution is 2.36. The number of hydrogen-bond donors (Lipinski definition) is 2. The Morgan fingerprint density at radius 2 is 1.84 bits per heavy atom. The number of carbonyl (C=O) groups excluding carboxylic acids is 3. The van der Waals surface area contributed by atoms with Crippen molar-refractivity contribution in [3.63, 3.8) is 0 Å². The van der Waals surface area contributed by atoms with Crippen molar-refractivity contribution < 1.29 is 28.2 Å². The molecule has 4 rings (SSSR count). The molecule has 168 valence electrons. The van der Waals surface area contributed by atoms with Crippen LogP contribution in [0.15, 0.2) is 42.5 Å². The van der Waals surface area contributed by atoms with Crippen LogP contribution in [0.2, 0.25) is 0 Å². The van der Waals surface area contributed by atoms with Gasteiger partial charge in [0.25, 0.3) is 5.91 Å². The van der Waals surface area contributed by atoms with E-state index in [1.54, 1.807) is 37.3 Å². The van der Waals surface area contributed by atoms with Gasteiger partial charge in [0.1, 0.15) is 17.9 Å². The molecule has 8 nitrogen and oxygen atoms in total. The molecule has 0 unspecified atom stereocenters. The fourth-order valence-electron chi connectivity index (χ4n) is 3.71. The van der Waals surface area contributed by atoms with E-state index >= 15 is 0 Å². The first kappa shape index (κ1) is 21.6. The summed E-state index contributed by atoms with van der Waals surface area (Å²) in [6.07, 6.45) is 1.25. The van der Waals surface area contributed by atoms with Crippen molar-refractivity contribution in [2.45, 2.75) is 25.3 Å². The van der Waals surface area contributed by atoms with Gasteiger partial charge in [-0.2, -0.15) is 0 Å². The van der Waals surface area contributed by atoms with Gasteiger partial charge in [0.15, 0.2) is 11.5 Å². The van der Waals surface area contributed by atoms with Crippen LogP contribution in [-0.4, -0.2) is 49.0 Å². The Morgan fingerprint density at radius 1 is 1.12 bits per heavy atom. The van der Waals surface area contributed by atoms with Gasteiger partial charge >= 0.3 is 6.03 Å². The minimum absolute atomic E-state index is 0.299. The molecule has 0 saturated carbocycles. The Hall–Kier alpha value is -3.62. The average molecular weight is 441 g/mol. The lowest BCUT2D eigenvalue weighted by atomic mass is 9.91. The number of fused-ring (bicyclic) bond motifs is 1. The molecule has 2 aliphatic heterocycles. The second kappa shape index (κ2) is 8.86. The van der Waals surface area contributed by atoms with Gasteiger partial charge in [0.05, 0.1) is 13.2 Å². The second-order valence-corrected chi connectivity index (χ2v) is 7.88. The van der Waals surface area contributed by atoms with Crippen LogP contribution in [0.3, 0.4) is 0 Å². The number of nitrogens with one attached hydrogen (secondary N) is 2. The van der Waals surface area contributed by atoms with Crippen LogP contribution in [0.5, 0.6) is 11.5 Å². The van der Waals surface area contributed by atoms with E-state index in [2.05, 4.69) is 10.6 Å². The Balaban J connectivity index is 1.39. The Kier molecular flexibility index (Phi) is 5.98. The van der Waals surface area contributed by atoms with Gasteiger partial charge in [-0.05, 0) is 48.7 Å². The molecular weight excluding hydrogens is 417 g/mol. The predicted molar refractivity (Wildman–Crippen MR) is 113 cm³/mol. The molecule has 2 aromatic carbocycles. The van der Waals surface area contributed by atoms with Gasteiger partial charge in [-0.25, -0.2) is 9.18 Å². The number of ether oxygens (including phenoxy) is 2. The summed E-state index contributed by atoms with van der Waals surface area (Å²) in [6.45, 7) is 2.54. The number of carbonyl (C=O) groups is 3. The number of hydrogen-bond acceptors (Lipinski definition) is 5. The SMILES string of the molecule is C[C@@]1(c2ccc3c(c2)OCCCO3)NC(=O)N(CC(=O)NCCc2ccc(F)cc2)C1=O. The molecule has 1 saturated heterocycles. The fraction of sp³-hybridized carbons (Fsp3) is 0.348. The van der Waals surface area contributed by atoms with E-state index in [0.717, 1.165) is 16.9 Å². The lowest BCUT2D eigenvalue weighted by molar-refractivity contribution is -0.134. The number of nitrogens with zero attached hydrogens (tertiary/aromatic N) is 1. The van der Waals surface area contributed by atoms with Crippen LogP contribution in [0, 0.1) is 5.82 Å². The number of benzene rings is 2. The minimum Gasteiger partial charge on any atom is -0.490 e. The van der Waals surface area contributed by atoms with Gasteiger partial charge in [0, 0.05) is 13.0 Å². The molecular formula is C23H24FN3O5. The zero-order valence-corrected chi connectivity index (χ0v) is 17.7. The molecule has 0 aromatic heterocycles. The smallest absolute Gasteiger partial charge is 0.325 e. The first-order valence-corrected chi connectivity index (χ1v) is 10.4. The lowest BCUT2D eigenvalue weighted by Gasteiger charge is -2.23. The van der Waals surface area contributed by atoms with E-state index < -0.39 is 29.9 Å². The van der Waals surface area contributed by atoms with E-state index in [1.165, 1.54) is 12.1 Å². The zero-order chi connectivity index (χ0) is 22.7. The van der Waals surface area contributed by atoms with Crippen molar-refractivity contribution >= 4 is 17.8 Å². The number of halogens is 1. The van der Waals surface area contributed by atoms with E-state index in [0.29, 0.717) is 43.2 Å². The molecule has 1 fully saturated rings. The molecule has 1 atom stereocenters. The lowest BCUT2D eigenvalue weighted by Crippen LogP contribution is -2.43. The molecule has 0 spiro atoms. The van der Waals surface area contributed by atoms with Gasteiger partial charge < -0.3 is 20.1 Å². The maximum Gasteiger partial charge on any atom is 0.325 e. The van der Waals surface area contributed by atoms with E-state index in [4.69, 9.17) is 9.47 Å². The topological polar surface area (TPSA) is 97.0 Å². The Bertz CT molecular complexity index is 1040. The van der Waals surface area contributed by atoms with E-state index in [-0.39, 0.29) is 5.82 Å². The summed E-state index contributed by atoms with van der Waals surface area (Å²) in [4.78, 5) is 38.8. The molecule has 4 amide bonds.